The summed E-state index contributed by atoms with van der Waals surface area (Å²) < 4.78 is 16.2. The maximum Gasteiger partial charge on any atom is 0.191 e. The first-order chi connectivity index (χ1) is 13.4. The molecule has 1 aromatic carbocycles. The van der Waals surface area contributed by atoms with Crippen LogP contribution in [0, 0.1) is 0 Å². The molecule has 0 aliphatic rings. The van der Waals surface area contributed by atoms with Gasteiger partial charge in [-0.15, -0.1) is 11.3 Å². The number of hydrogen-bond donors (Lipinski definition) is 2. The van der Waals surface area contributed by atoms with Gasteiger partial charge in [0, 0.05) is 35.0 Å². The smallest absolute Gasteiger partial charge is 0.191 e. The number of nitrogens with one attached hydrogen (secondary N) is 2. The number of aliphatic imine (C=N–C) groups is 1. The van der Waals surface area contributed by atoms with Crippen LogP contribution in [0.25, 0.3) is 0 Å². The first kappa shape index (κ1) is 21.9. The van der Waals surface area contributed by atoms with Gasteiger partial charge in [-0.05, 0) is 24.4 Å². The topological polar surface area (TPSA) is 64.1 Å². The second kappa shape index (κ2) is 10.2. The number of ether oxygens (including phenoxy) is 3. The van der Waals surface area contributed by atoms with Gasteiger partial charge >= 0.3 is 0 Å². The van der Waals surface area contributed by atoms with Crippen molar-refractivity contribution in [2.45, 2.75) is 32.7 Å². The van der Waals surface area contributed by atoms with Crippen molar-refractivity contribution >= 4 is 17.3 Å². The van der Waals surface area contributed by atoms with Gasteiger partial charge in [-0.2, -0.15) is 0 Å². The summed E-state index contributed by atoms with van der Waals surface area (Å²) in [6, 6.07) is 7.99. The molecular weight excluding hydrogens is 374 g/mol. The Hall–Kier alpha value is -2.41. The number of rotatable bonds is 9. The summed E-state index contributed by atoms with van der Waals surface area (Å²) in [4.78, 5) is 6.07. The number of thiophene rings is 1. The van der Waals surface area contributed by atoms with Crippen LogP contribution in [0.3, 0.4) is 0 Å². The normalized spacial score (nSPS) is 11.9. The molecule has 7 heteroatoms. The van der Waals surface area contributed by atoms with Gasteiger partial charge in [0.25, 0.3) is 0 Å². The monoisotopic (exact) mass is 405 g/mol. The van der Waals surface area contributed by atoms with Crippen LogP contribution in [-0.4, -0.2) is 40.4 Å². The molecule has 2 N–H and O–H groups in total. The minimum atomic E-state index is 0.0192. The maximum absolute atomic E-state index is 5.50. The Morgan fingerprint density at radius 3 is 2.29 bits per heavy atom. The average molecular weight is 406 g/mol. The van der Waals surface area contributed by atoms with E-state index in [0.717, 1.165) is 30.4 Å². The van der Waals surface area contributed by atoms with Crippen LogP contribution < -0.4 is 24.8 Å². The van der Waals surface area contributed by atoms with Crippen molar-refractivity contribution in [1.82, 2.24) is 10.6 Å². The predicted octanol–water partition coefficient (Wildman–Crippen LogP) is 3.81. The van der Waals surface area contributed by atoms with E-state index in [1.54, 1.807) is 32.7 Å². The first-order valence-electron chi connectivity index (χ1n) is 9.30. The molecule has 0 spiro atoms. The molecule has 0 unspecified atom stereocenters. The molecule has 2 rings (SSSR count). The van der Waals surface area contributed by atoms with Gasteiger partial charge in [0.15, 0.2) is 17.5 Å². The van der Waals surface area contributed by atoms with Crippen LogP contribution in [0.4, 0.5) is 0 Å². The van der Waals surface area contributed by atoms with E-state index in [4.69, 9.17) is 19.2 Å². The molecule has 0 fully saturated rings. The molecule has 0 radical (unpaired) electrons. The highest BCUT2D eigenvalue weighted by atomic mass is 32.1. The minimum absolute atomic E-state index is 0.0192. The molecule has 0 amide bonds. The summed E-state index contributed by atoms with van der Waals surface area (Å²) >= 11 is 1.78. The van der Waals surface area contributed by atoms with Crippen molar-refractivity contribution in [3.8, 4) is 17.2 Å². The summed E-state index contributed by atoms with van der Waals surface area (Å²) in [5, 5.41) is 8.87. The van der Waals surface area contributed by atoms with Crippen LogP contribution in [0.1, 0.15) is 31.2 Å². The zero-order valence-electron chi connectivity index (χ0n) is 17.6. The molecule has 0 aliphatic heterocycles. The van der Waals surface area contributed by atoms with Crippen molar-refractivity contribution in [2.75, 3.05) is 34.4 Å². The van der Waals surface area contributed by atoms with E-state index in [1.807, 2.05) is 12.1 Å². The second-order valence-corrected chi connectivity index (χ2v) is 7.88. The molecule has 28 heavy (non-hydrogen) atoms. The van der Waals surface area contributed by atoms with Gasteiger partial charge in [0.2, 0.25) is 0 Å². The largest absolute Gasteiger partial charge is 0.496 e. The third-order valence-electron chi connectivity index (χ3n) is 4.42. The van der Waals surface area contributed by atoms with Crippen LogP contribution in [0.5, 0.6) is 17.2 Å². The summed E-state index contributed by atoms with van der Waals surface area (Å²) in [6.07, 6.45) is 0. The average Bonchev–Trinajstić information content (AvgIpc) is 3.25. The molecule has 154 valence electrons. The quantitative estimate of drug-likeness (QED) is 0.491. The second-order valence-electron chi connectivity index (χ2n) is 6.93. The van der Waals surface area contributed by atoms with Gasteiger partial charge < -0.3 is 24.8 Å². The lowest BCUT2D eigenvalue weighted by Crippen LogP contribution is -2.43. The Kier molecular flexibility index (Phi) is 7.99. The van der Waals surface area contributed by atoms with E-state index in [0.29, 0.717) is 18.0 Å². The molecule has 6 nitrogen and oxygen atoms in total. The summed E-state index contributed by atoms with van der Waals surface area (Å²) in [5.41, 5.74) is 0.945. The summed E-state index contributed by atoms with van der Waals surface area (Å²) in [5.74, 6) is 2.78. The number of benzene rings is 1. The predicted molar refractivity (Wildman–Crippen MR) is 116 cm³/mol. The van der Waals surface area contributed by atoms with Crippen LogP contribution in [0.2, 0.25) is 0 Å². The van der Waals surface area contributed by atoms with E-state index < -0.39 is 0 Å². The van der Waals surface area contributed by atoms with Gasteiger partial charge in [-0.25, -0.2) is 4.99 Å². The Labute approximate surface area is 171 Å². The molecule has 0 saturated heterocycles. The van der Waals surface area contributed by atoms with Crippen molar-refractivity contribution in [3.63, 3.8) is 0 Å². The van der Waals surface area contributed by atoms with E-state index in [1.165, 1.54) is 4.88 Å². The highest BCUT2D eigenvalue weighted by Crippen LogP contribution is 2.35. The van der Waals surface area contributed by atoms with Crippen molar-refractivity contribution in [3.05, 3.63) is 40.1 Å². The Morgan fingerprint density at radius 1 is 1.04 bits per heavy atom. The molecule has 1 aromatic heterocycles. The van der Waals surface area contributed by atoms with Gasteiger partial charge in [-0.1, -0.05) is 19.9 Å². The molecule has 0 aliphatic carbocycles. The minimum Gasteiger partial charge on any atom is -0.496 e. The lowest BCUT2D eigenvalue weighted by atomic mass is 9.91. The molecule has 0 saturated carbocycles. The molecule has 2 aromatic rings. The van der Waals surface area contributed by atoms with Crippen LogP contribution >= 0.6 is 11.3 Å². The SMILES string of the molecule is CCNC(=NCc1cc(OC)c(OC)cc1OC)NCC(C)(C)c1cccs1. The van der Waals surface area contributed by atoms with E-state index in [9.17, 15) is 0 Å². The highest BCUT2D eigenvalue weighted by Gasteiger charge is 2.22. The fraction of sp³-hybridized carbons (Fsp3) is 0.476. The zero-order chi connectivity index (χ0) is 20.6. The standard InChI is InChI=1S/C21H31N3O3S/c1-7-22-20(24-14-21(2,3)19-9-8-10-28-19)23-13-15-11-17(26-5)18(27-6)12-16(15)25-4/h8-12H,7,13-14H2,1-6H3,(H2,22,23,24). The van der Waals surface area contributed by atoms with Crippen LogP contribution in [-0.2, 0) is 12.0 Å². The lowest BCUT2D eigenvalue weighted by Gasteiger charge is -2.25. The third kappa shape index (κ3) is 5.55. The Bertz CT molecular complexity index is 773. The van der Waals surface area contributed by atoms with Gasteiger partial charge in [-0.3, -0.25) is 0 Å². The Balaban J connectivity index is 2.16. The number of guanidine groups is 1. The third-order valence-corrected chi connectivity index (χ3v) is 5.66. The van der Waals surface area contributed by atoms with Crippen LogP contribution in [0.15, 0.2) is 34.6 Å². The fourth-order valence-corrected chi connectivity index (χ4v) is 3.63. The van der Waals surface area contributed by atoms with Gasteiger partial charge in [0.05, 0.1) is 27.9 Å². The summed E-state index contributed by atoms with van der Waals surface area (Å²) in [6.45, 7) is 8.53. The van der Waals surface area contributed by atoms with E-state index >= 15 is 0 Å². The molecule has 0 atom stereocenters. The number of nitrogens with zero attached hydrogens (tertiary/aromatic N) is 1. The summed E-state index contributed by atoms with van der Waals surface area (Å²) in [7, 11) is 4.87. The molecule has 0 bridgehead atoms. The van der Waals surface area contributed by atoms with Crippen molar-refractivity contribution in [1.29, 1.82) is 0 Å². The highest BCUT2D eigenvalue weighted by molar-refractivity contribution is 7.10. The van der Waals surface area contributed by atoms with E-state index in [-0.39, 0.29) is 5.41 Å². The van der Waals surface area contributed by atoms with Crippen molar-refractivity contribution < 1.29 is 14.2 Å². The van der Waals surface area contributed by atoms with Crippen molar-refractivity contribution in [2.24, 2.45) is 4.99 Å². The number of hydrogen-bond acceptors (Lipinski definition) is 5. The maximum atomic E-state index is 5.50. The fourth-order valence-electron chi connectivity index (χ4n) is 2.78. The lowest BCUT2D eigenvalue weighted by molar-refractivity contribution is 0.347. The zero-order valence-corrected chi connectivity index (χ0v) is 18.4. The molecular formula is C21H31N3O3S. The Morgan fingerprint density at radius 2 is 1.71 bits per heavy atom. The molecule has 1 heterocycles. The number of methoxy groups -OCH3 is 3. The first-order valence-corrected chi connectivity index (χ1v) is 10.2. The van der Waals surface area contributed by atoms with E-state index in [2.05, 4.69) is 48.9 Å². The van der Waals surface area contributed by atoms with Gasteiger partial charge in [0.1, 0.15) is 5.75 Å².